The smallest absolute Gasteiger partial charge is 0.263 e. The van der Waals surface area contributed by atoms with Gasteiger partial charge in [0.1, 0.15) is 11.5 Å². The van der Waals surface area contributed by atoms with E-state index in [0.29, 0.717) is 0 Å². The van der Waals surface area contributed by atoms with Gasteiger partial charge in [0.05, 0.1) is 7.11 Å². The van der Waals surface area contributed by atoms with Crippen molar-refractivity contribution in [3.8, 4) is 11.5 Å². The molecule has 0 saturated carbocycles. The van der Waals surface area contributed by atoms with Crippen LogP contribution in [0.3, 0.4) is 0 Å². The summed E-state index contributed by atoms with van der Waals surface area (Å²) in [5, 5.41) is 0. The number of hydrogen-bond acceptors (Lipinski definition) is 4. The van der Waals surface area contributed by atoms with Crippen LogP contribution >= 0.6 is 0 Å². The van der Waals surface area contributed by atoms with Crippen molar-refractivity contribution in [2.75, 3.05) is 33.3 Å². The zero-order valence-corrected chi connectivity index (χ0v) is 17.1. The summed E-state index contributed by atoms with van der Waals surface area (Å²) in [6, 6.07) is 16.0. The van der Waals surface area contributed by atoms with Crippen molar-refractivity contribution in [2.24, 2.45) is 0 Å². The standard InChI is InChI=1S/C23H30N2O3/c1-18-6-4-7-22(16-18)28-19(2)23(26)25-13-5-12-24(14-15-25)17-20-8-10-21(27-3)11-9-20/h4,6-11,16,19H,5,12-15,17H2,1-3H3. The molecule has 150 valence electrons. The minimum atomic E-state index is -0.477. The van der Waals surface area contributed by atoms with Crippen molar-refractivity contribution in [3.05, 3.63) is 59.7 Å². The number of nitrogens with zero attached hydrogens (tertiary/aromatic N) is 2. The molecule has 0 spiro atoms. The third kappa shape index (κ3) is 5.49. The van der Waals surface area contributed by atoms with E-state index in [9.17, 15) is 4.79 Å². The quantitative estimate of drug-likeness (QED) is 0.767. The van der Waals surface area contributed by atoms with Crippen LogP contribution in [-0.2, 0) is 11.3 Å². The number of hydrogen-bond donors (Lipinski definition) is 0. The molecule has 1 aliphatic heterocycles. The third-order valence-corrected chi connectivity index (χ3v) is 5.12. The Bertz CT molecular complexity index is 776. The van der Waals surface area contributed by atoms with Crippen molar-refractivity contribution in [3.63, 3.8) is 0 Å². The van der Waals surface area contributed by atoms with Gasteiger partial charge < -0.3 is 14.4 Å². The van der Waals surface area contributed by atoms with Crippen LogP contribution in [0.1, 0.15) is 24.5 Å². The van der Waals surface area contributed by atoms with E-state index in [0.717, 1.165) is 56.2 Å². The maximum Gasteiger partial charge on any atom is 0.263 e. The summed E-state index contributed by atoms with van der Waals surface area (Å²) in [5.74, 6) is 1.68. The molecule has 0 aliphatic carbocycles. The number of amides is 1. The molecule has 1 heterocycles. The molecule has 1 fully saturated rings. The Balaban J connectivity index is 1.52. The summed E-state index contributed by atoms with van der Waals surface area (Å²) < 4.78 is 11.1. The first kappa shape index (κ1) is 20.2. The van der Waals surface area contributed by atoms with Gasteiger partial charge in [-0.1, -0.05) is 24.3 Å². The van der Waals surface area contributed by atoms with Crippen molar-refractivity contribution >= 4 is 5.91 Å². The van der Waals surface area contributed by atoms with Crippen molar-refractivity contribution < 1.29 is 14.3 Å². The largest absolute Gasteiger partial charge is 0.497 e. The van der Waals surface area contributed by atoms with Gasteiger partial charge in [-0.25, -0.2) is 0 Å². The predicted molar refractivity (Wildman–Crippen MR) is 111 cm³/mol. The number of aryl methyl sites for hydroxylation is 1. The lowest BCUT2D eigenvalue weighted by molar-refractivity contribution is -0.137. The van der Waals surface area contributed by atoms with E-state index in [2.05, 4.69) is 17.0 Å². The molecule has 5 nitrogen and oxygen atoms in total. The highest BCUT2D eigenvalue weighted by Crippen LogP contribution is 2.17. The second-order valence-corrected chi connectivity index (χ2v) is 7.38. The average molecular weight is 383 g/mol. The van der Waals surface area contributed by atoms with E-state index in [4.69, 9.17) is 9.47 Å². The number of benzene rings is 2. The zero-order valence-electron chi connectivity index (χ0n) is 17.1. The molecule has 28 heavy (non-hydrogen) atoms. The van der Waals surface area contributed by atoms with Crippen LogP contribution < -0.4 is 9.47 Å². The highest BCUT2D eigenvalue weighted by molar-refractivity contribution is 5.81. The first-order valence-electron chi connectivity index (χ1n) is 9.92. The van der Waals surface area contributed by atoms with Gasteiger partial charge in [0.15, 0.2) is 6.10 Å². The van der Waals surface area contributed by atoms with Gasteiger partial charge in [-0.3, -0.25) is 9.69 Å². The normalized spacial score (nSPS) is 16.3. The van der Waals surface area contributed by atoms with Crippen molar-refractivity contribution in [1.82, 2.24) is 9.80 Å². The van der Waals surface area contributed by atoms with Crippen LogP contribution in [-0.4, -0.2) is 55.1 Å². The average Bonchev–Trinajstić information content (AvgIpc) is 2.93. The minimum absolute atomic E-state index is 0.0628. The summed E-state index contributed by atoms with van der Waals surface area (Å²) in [4.78, 5) is 17.2. The van der Waals surface area contributed by atoms with Gasteiger partial charge in [-0.15, -0.1) is 0 Å². The van der Waals surface area contributed by atoms with Crippen molar-refractivity contribution in [2.45, 2.75) is 32.9 Å². The number of ether oxygens (including phenoxy) is 2. The highest BCUT2D eigenvalue weighted by atomic mass is 16.5. The highest BCUT2D eigenvalue weighted by Gasteiger charge is 2.24. The number of rotatable bonds is 6. The Labute approximate surface area is 167 Å². The Morgan fingerprint density at radius 3 is 2.54 bits per heavy atom. The van der Waals surface area contributed by atoms with E-state index >= 15 is 0 Å². The monoisotopic (exact) mass is 382 g/mol. The second-order valence-electron chi connectivity index (χ2n) is 7.38. The lowest BCUT2D eigenvalue weighted by Crippen LogP contribution is -2.42. The topological polar surface area (TPSA) is 42.0 Å². The van der Waals surface area contributed by atoms with Crippen LogP contribution in [0.2, 0.25) is 0 Å². The van der Waals surface area contributed by atoms with Gasteiger partial charge in [0.25, 0.3) is 5.91 Å². The number of carbonyl (C=O) groups excluding carboxylic acids is 1. The fourth-order valence-electron chi connectivity index (χ4n) is 3.54. The van der Waals surface area contributed by atoms with Crippen LogP contribution in [0.5, 0.6) is 11.5 Å². The molecule has 1 aliphatic rings. The van der Waals surface area contributed by atoms with E-state index in [-0.39, 0.29) is 5.91 Å². The molecule has 0 N–H and O–H groups in total. The van der Waals surface area contributed by atoms with Gasteiger partial charge in [0.2, 0.25) is 0 Å². The molecule has 2 aromatic rings. The molecule has 3 rings (SSSR count). The second kappa shape index (κ2) is 9.60. The van der Waals surface area contributed by atoms with E-state index < -0.39 is 6.10 Å². The van der Waals surface area contributed by atoms with E-state index in [1.165, 1.54) is 5.56 Å². The van der Waals surface area contributed by atoms with Gasteiger partial charge in [0, 0.05) is 32.7 Å². The molecular weight excluding hydrogens is 352 g/mol. The number of methoxy groups -OCH3 is 1. The first-order valence-corrected chi connectivity index (χ1v) is 9.92. The molecule has 0 bridgehead atoms. The predicted octanol–water partition coefficient (Wildman–Crippen LogP) is 3.51. The Hall–Kier alpha value is -2.53. The maximum absolute atomic E-state index is 12.8. The molecular formula is C23H30N2O3. The summed E-state index contributed by atoms with van der Waals surface area (Å²) in [6.45, 7) is 8.12. The summed E-state index contributed by atoms with van der Waals surface area (Å²) >= 11 is 0. The van der Waals surface area contributed by atoms with E-state index in [1.807, 2.05) is 55.1 Å². The molecule has 1 amide bonds. The van der Waals surface area contributed by atoms with E-state index in [1.54, 1.807) is 7.11 Å². The lowest BCUT2D eigenvalue weighted by atomic mass is 10.2. The van der Waals surface area contributed by atoms with Gasteiger partial charge >= 0.3 is 0 Å². The molecule has 1 unspecified atom stereocenters. The SMILES string of the molecule is COc1ccc(CN2CCCN(C(=O)C(C)Oc3cccc(C)c3)CC2)cc1. The Kier molecular flexibility index (Phi) is 6.93. The summed E-state index contributed by atoms with van der Waals surface area (Å²) in [7, 11) is 1.68. The van der Waals surface area contributed by atoms with Gasteiger partial charge in [-0.05, 0) is 55.7 Å². The van der Waals surface area contributed by atoms with Crippen LogP contribution in [0, 0.1) is 6.92 Å². The maximum atomic E-state index is 12.8. The molecule has 5 heteroatoms. The Morgan fingerprint density at radius 2 is 1.82 bits per heavy atom. The van der Waals surface area contributed by atoms with Crippen molar-refractivity contribution in [1.29, 1.82) is 0 Å². The molecule has 1 atom stereocenters. The summed E-state index contributed by atoms with van der Waals surface area (Å²) in [6.07, 6.45) is 0.494. The lowest BCUT2D eigenvalue weighted by Gasteiger charge is -2.25. The number of carbonyl (C=O) groups is 1. The minimum Gasteiger partial charge on any atom is -0.497 e. The molecule has 0 aromatic heterocycles. The molecule has 2 aromatic carbocycles. The first-order chi connectivity index (χ1) is 13.5. The van der Waals surface area contributed by atoms with Crippen LogP contribution in [0.15, 0.2) is 48.5 Å². The van der Waals surface area contributed by atoms with Gasteiger partial charge in [-0.2, -0.15) is 0 Å². The summed E-state index contributed by atoms with van der Waals surface area (Å²) in [5.41, 5.74) is 2.39. The Morgan fingerprint density at radius 1 is 1.04 bits per heavy atom. The third-order valence-electron chi connectivity index (χ3n) is 5.12. The molecule has 1 saturated heterocycles. The fraction of sp³-hybridized carbons (Fsp3) is 0.435. The molecule has 0 radical (unpaired) electrons. The fourth-order valence-corrected chi connectivity index (χ4v) is 3.54. The van der Waals surface area contributed by atoms with Crippen LogP contribution in [0.4, 0.5) is 0 Å². The zero-order chi connectivity index (χ0) is 19.9. The van der Waals surface area contributed by atoms with Crippen LogP contribution in [0.25, 0.3) is 0 Å².